The summed E-state index contributed by atoms with van der Waals surface area (Å²) in [6, 6.07) is 7.29. The molecule has 1 atom stereocenters. The Bertz CT molecular complexity index is 726. The van der Waals surface area contributed by atoms with E-state index in [1.165, 1.54) is 0 Å². The molecule has 0 aliphatic carbocycles. The molecule has 0 N–H and O–H groups in total. The summed E-state index contributed by atoms with van der Waals surface area (Å²) in [7, 11) is 0. The van der Waals surface area contributed by atoms with Gasteiger partial charge in [-0.05, 0) is 45.0 Å². The summed E-state index contributed by atoms with van der Waals surface area (Å²) in [5.74, 6) is 1.56. The quantitative estimate of drug-likeness (QED) is 0.851. The second-order valence-electron chi connectivity index (χ2n) is 6.09. The van der Waals surface area contributed by atoms with Crippen LogP contribution < -0.4 is 0 Å². The lowest BCUT2D eigenvalue weighted by Gasteiger charge is -2.38. The highest BCUT2D eigenvalue weighted by Gasteiger charge is 2.31. The molecule has 1 fully saturated rings. The zero-order valence-electron chi connectivity index (χ0n) is 14.3. The van der Waals surface area contributed by atoms with E-state index in [1.54, 1.807) is 0 Å². The Balaban J connectivity index is 1.76. The van der Waals surface area contributed by atoms with Gasteiger partial charge in [-0.3, -0.25) is 9.69 Å². The van der Waals surface area contributed by atoms with Crippen molar-refractivity contribution in [2.45, 2.75) is 33.4 Å². The molecular formula is C18H22ClN3O2. The molecule has 0 unspecified atom stereocenters. The molecule has 1 aliphatic heterocycles. The van der Waals surface area contributed by atoms with Crippen LogP contribution >= 0.6 is 11.6 Å². The molecule has 0 spiro atoms. The number of carbonyl (C=O) groups excluding carboxylic acids is 1. The number of benzene rings is 1. The van der Waals surface area contributed by atoms with Crippen LogP contribution in [0.4, 0.5) is 0 Å². The van der Waals surface area contributed by atoms with Gasteiger partial charge < -0.3 is 9.32 Å². The number of rotatable bonds is 4. The lowest BCUT2D eigenvalue weighted by Crippen LogP contribution is -2.55. The molecule has 1 aromatic carbocycles. The largest absolute Gasteiger partial charge is 0.441 e. The molecule has 128 valence electrons. The molecular weight excluding hydrogens is 326 g/mol. The first kappa shape index (κ1) is 17.0. The molecule has 2 heterocycles. The monoisotopic (exact) mass is 347 g/mol. The van der Waals surface area contributed by atoms with Crippen LogP contribution in [0.15, 0.2) is 28.7 Å². The number of piperazine rings is 1. The van der Waals surface area contributed by atoms with Gasteiger partial charge in [-0.25, -0.2) is 4.98 Å². The normalized spacial score (nSPS) is 19.1. The van der Waals surface area contributed by atoms with Crippen LogP contribution in [0.25, 0.3) is 11.5 Å². The van der Waals surface area contributed by atoms with E-state index in [0.717, 1.165) is 36.7 Å². The van der Waals surface area contributed by atoms with Gasteiger partial charge in [0, 0.05) is 36.8 Å². The van der Waals surface area contributed by atoms with Gasteiger partial charge in [0.15, 0.2) is 0 Å². The number of aromatic nitrogens is 1. The zero-order valence-corrected chi connectivity index (χ0v) is 15.0. The number of amides is 1. The van der Waals surface area contributed by atoms with E-state index in [1.807, 2.05) is 49.9 Å². The predicted molar refractivity (Wildman–Crippen MR) is 93.8 cm³/mol. The molecule has 0 saturated carbocycles. The number of hydrogen-bond donors (Lipinski definition) is 0. The van der Waals surface area contributed by atoms with Gasteiger partial charge in [-0.15, -0.1) is 0 Å². The Kier molecular flexibility index (Phi) is 4.92. The van der Waals surface area contributed by atoms with Crippen LogP contribution in [0.1, 0.15) is 25.3 Å². The van der Waals surface area contributed by atoms with Gasteiger partial charge in [0.05, 0.1) is 11.7 Å². The molecule has 1 aliphatic rings. The van der Waals surface area contributed by atoms with E-state index in [-0.39, 0.29) is 11.9 Å². The summed E-state index contributed by atoms with van der Waals surface area (Å²) in [5.41, 5.74) is 1.78. The zero-order chi connectivity index (χ0) is 17.3. The number of aryl methyl sites for hydroxylation is 1. The molecule has 2 aromatic rings. The fourth-order valence-electron chi connectivity index (χ4n) is 2.99. The predicted octanol–water partition coefficient (Wildman–Crippen LogP) is 3.36. The maximum atomic E-state index is 12.3. The third-order valence-corrected chi connectivity index (χ3v) is 4.84. The lowest BCUT2D eigenvalue weighted by molar-refractivity contribution is -0.141. The van der Waals surface area contributed by atoms with Crippen molar-refractivity contribution in [1.82, 2.24) is 14.8 Å². The Morgan fingerprint density at radius 2 is 2.00 bits per heavy atom. The van der Waals surface area contributed by atoms with Crippen molar-refractivity contribution in [2.24, 2.45) is 0 Å². The smallest absolute Gasteiger partial charge is 0.239 e. The molecule has 6 heteroatoms. The summed E-state index contributed by atoms with van der Waals surface area (Å²) < 4.78 is 5.81. The fourth-order valence-corrected chi connectivity index (χ4v) is 3.11. The minimum Gasteiger partial charge on any atom is -0.441 e. The molecule has 3 rings (SSSR count). The third kappa shape index (κ3) is 3.32. The topological polar surface area (TPSA) is 49.6 Å². The Morgan fingerprint density at radius 1 is 1.29 bits per heavy atom. The highest BCUT2D eigenvalue weighted by Crippen LogP contribution is 2.25. The SMILES string of the molecule is CCN1CCN(Cc2nc(-c3ccc(Cl)cc3)oc2C)[C@@H](C)C1=O. The van der Waals surface area contributed by atoms with E-state index in [9.17, 15) is 4.79 Å². The summed E-state index contributed by atoms with van der Waals surface area (Å²) >= 11 is 5.92. The van der Waals surface area contributed by atoms with Crippen LogP contribution in [-0.4, -0.2) is 46.4 Å². The van der Waals surface area contributed by atoms with Crippen LogP contribution in [0.2, 0.25) is 5.02 Å². The van der Waals surface area contributed by atoms with Crippen molar-refractivity contribution in [3.05, 3.63) is 40.7 Å². The second kappa shape index (κ2) is 6.95. The van der Waals surface area contributed by atoms with Crippen LogP contribution in [0.3, 0.4) is 0 Å². The van der Waals surface area contributed by atoms with Crippen LogP contribution in [0.5, 0.6) is 0 Å². The number of carbonyl (C=O) groups is 1. The van der Waals surface area contributed by atoms with Crippen molar-refractivity contribution in [1.29, 1.82) is 0 Å². The molecule has 1 aromatic heterocycles. The van der Waals surface area contributed by atoms with Crippen molar-refractivity contribution in [3.8, 4) is 11.5 Å². The van der Waals surface area contributed by atoms with Crippen molar-refractivity contribution in [3.63, 3.8) is 0 Å². The number of oxazole rings is 1. The highest BCUT2D eigenvalue weighted by molar-refractivity contribution is 6.30. The Morgan fingerprint density at radius 3 is 2.67 bits per heavy atom. The van der Waals surface area contributed by atoms with Gasteiger partial charge in [0.2, 0.25) is 11.8 Å². The molecule has 0 radical (unpaired) electrons. The average Bonchev–Trinajstić information content (AvgIpc) is 2.93. The van der Waals surface area contributed by atoms with Crippen molar-refractivity contribution < 1.29 is 9.21 Å². The van der Waals surface area contributed by atoms with E-state index >= 15 is 0 Å². The van der Waals surface area contributed by atoms with Crippen molar-refractivity contribution in [2.75, 3.05) is 19.6 Å². The number of hydrogen-bond acceptors (Lipinski definition) is 4. The van der Waals surface area contributed by atoms with Gasteiger partial charge in [-0.1, -0.05) is 11.6 Å². The minimum absolute atomic E-state index is 0.131. The molecule has 1 saturated heterocycles. The van der Waals surface area contributed by atoms with E-state index in [2.05, 4.69) is 9.88 Å². The third-order valence-electron chi connectivity index (χ3n) is 4.59. The summed E-state index contributed by atoms with van der Waals surface area (Å²) in [4.78, 5) is 21.0. The minimum atomic E-state index is -0.131. The number of likely N-dealkylation sites (N-methyl/N-ethyl adjacent to an activating group) is 1. The molecule has 1 amide bonds. The number of nitrogens with zero attached hydrogens (tertiary/aromatic N) is 3. The summed E-state index contributed by atoms with van der Waals surface area (Å²) in [6.07, 6.45) is 0. The lowest BCUT2D eigenvalue weighted by atomic mass is 10.1. The van der Waals surface area contributed by atoms with Crippen LogP contribution in [-0.2, 0) is 11.3 Å². The van der Waals surface area contributed by atoms with Gasteiger partial charge in [0.1, 0.15) is 5.76 Å². The highest BCUT2D eigenvalue weighted by atomic mass is 35.5. The molecule has 0 bridgehead atoms. The summed E-state index contributed by atoms with van der Waals surface area (Å²) in [6.45, 7) is 8.88. The fraction of sp³-hybridized carbons (Fsp3) is 0.444. The molecule has 5 nitrogen and oxygen atoms in total. The van der Waals surface area contributed by atoms with E-state index in [0.29, 0.717) is 17.5 Å². The van der Waals surface area contributed by atoms with Gasteiger partial charge >= 0.3 is 0 Å². The molecule has 24 heavy (non-hydrogen) atoms. The summed E-state index contributed by atoms with van der Waals surface area (Å²) in [5, 5.41) is 0.684. The maximum Gasteiger partial charge on any atom is 0.239 e. The Hall–Kier alpha value is -1.85. The first-order valence-corrected chi connectivity index (χ1v) is 8.62. The van der Waals surface area contributed by atoms with Gasteiger partial charge in [0.25, 0.3) is 0 Å². The van der Waals surface area contributed by atoms with E-state index in [4.69, 9.17) is 16.0 Å². The van der Waals surface area contributed by atoms with Crippen molar-refractivity contribution >= 4 is 17.5 Å². The Labute approximate surface area is 147 Å². The van der Waals surface area contributed by atoms with Crippen LogP contribution in [0, 0.1) is 6.92 Å². The second-order valence-corrected chi connectivity index (χ2v) is 6.53. The first-order valence-electron chi connectivity index (χ1n) is 8.24. The van der Waals surface area contributed by atoms with E-state index < -0.39 is 0 Å². The first-order chi connectivity index (χ1) is 11.5. The van der Waals surface area contributed by atoms with Gasteiger partial charge in [-0.2, -0.15) is 0 Å². The number of halogens is 1. The standard InChI is InChI=1S/C18H22ClN3O2/c1-4-21-9-10-22(12(2)18(21)23)11-16-13(3)24-17(20-16)14-5-7-15(19)8-6-14/h5-8,12H,4,9-11H2,1-3H3/t12-/m0/s1. The maximum absolute atomic E-state index is 12.3. The average molecular weight is 348 g/mol.